The summed E-state index contributed by atoms with van der Waals surface area (Å²) in [6.07, 6.45) is -1.02. The van der Waals surface area contributed by atoms with Crippen LogP contribution in [0.5, 0.6) is 0 Å². The molecule has 1 atom stereocenters. The predicted molar refractivity (Wildman–Crippen MR) is 61.7 cm³/mol. The lowest BCUT2D eigenvalue weighted by Gasteiger charge is -2.33. The van der Waals surface area contributed by atoms with E-state index < -0.39 is 17.7 Å². The fourth-order valence-corrected chi connectivity index (χ4v) is 1.80. The van der Waals surface area contributed by atoms with E-state index in [4.69, 9.17) is 5.11 Å². The summed E-state index contributed by atoms with van der Waals surface area (Å²) in [4.78, 5) is 25.5. The van der Waals surface area contributed by atoms with Gasteiger partial charge in [0.15, 0.2) is 0 Å². The molecule has 1 heterocycles. The highest BCUT2D eigenvalue weighted by Crippen LogP contribution is 2.15. The van der Waals surface area contributed by atoms with Crippen molar-refractivity contribution < 1.29 is 19.8 Å². The van der Waals surface area contributed by atoms with Crippen molar-refractivity contribution in [3.05, 3.63) is 0 Å². The summed E-state index contributed by atoms with van der Waals surface area (Å²) in [6.45, 7) is 5.87. The molecule has 2 amide bonds. The Labute approximate surface area is 101 Å². The molecule has 1 aliphatic rings. The molecule has 1 fully saturated rings. The average molecular weight is 244 g/mol. The van der Waals surface area contributed by atoms with Crippen molar-refractivity contribution in [1.82, 2.24) is 9.80 Å². The van der Waals surface area contributed by atoms with Crippen LogP contribution in [-0.2, 0) is 4.79 Å². The molecule has 0 bridgehead atoms. The minimum atomic E-state index is -1.11. The number of carbonyl (C=O) groups excluding carboxylic acids is 1. The number of nitrogens with zero attached hydrogens (tertiary/aromatic N) is 2. The van der Waals surface area contributed by atoms with Crippen LogP contribution >= 0.6 is 0 Å². The van der Waals surface area contributed by atoms with Crippen LogP contribution in [0.2, 0.25) is 0 Å². The fraction of sp³-hybridized carbons (Fsp3) is 0.818. The maximum Gasteiger partial charge on any atom is 0.408 e. The Morgan fingerprint density at radius 2 is 2.00 bits per heavy atom. The molecular formula is C11H20N2O4. The summed E-state index contributed by atoms with van der Waals surface area (Å²) in [5.74, 6) is -0.251. The first-order valence-electron chi connectivity index (χ1n) is 5.68. The van der Waals surface area contributed by atoms with Gasteiger partial charge in [-0.2, -0.15) is 0 Å². The van der Waals surface area contributed by atoms with Gasteiger partial charge >= 0.3 is 6.09 Å². The van der Waals surface area contributed by atoms with Crippen molar-refractivity contribution in [3.8, 4) is 0 Å². The Kier molecular flexibility index (Phi) is 3.98. The van der Waals surface area contributed by atoms with Gasteiger partial charge in [-0.25, -0.2) is 4.79 Å². The summed E-state index contributed by atoms with van der Waals surface area (Å²) in [6, 6.07) is 0. The second-order valence-corrected chi connectivity index (χ2v) is 5.32. The molecule has 1 rings (SSSR count). The zero-order valence-corrected chi connectivity index (χ0v) is 10.5. The van der Waals surface area contributed by atoms with Crippen LogP contribution < -0.4 is 0 Å². The lowest BCUT2D eigenvalue weighted by molar-refractivity contribution is -0.132. The predicted octanol–water partition coefficient (Wildman–Crippen LogP) is 0.358. The molecular weight excluding hydrogens is 224 g/mol. The molecule has 0 aromatic carbocycles. The number of β-amino-alcohol motifs (C(OH)–C–C–N with tert-alkyl or cyclic N) is 1. The smallest absolute Gasteiger partial charge is 0.408 e. The van der Waals surface area contributed by atoms with Crippen LogP contribution in [-0.4, -0.2) is 63.3 Å². The summed E-state index contributed by atoms with van der Waals surface area (Å²) >= 11 is 0. The van der Waals surface area contributed by atoms with Crippen molar-refractivity contribution >= 4 is 12.0 Å². The highest BCUT2D eigenvalue weighted by Gasteiger charge is 2.32. The Bertz CT molecular complexity index is 311. The molecule has 2 N–H and O–H groups in total. The normalized spacial score (nSPS) is 20.5. The van der Waals surface area contributed by atoms with Crippen molar-refractivity contribution in [2.45, 2.75) is 38.8 Å². The number of likely N-dealkylation sites (tertiary alicyclic amines) is 1. The molecule has 0 aromatic rings. The van der Waals surface area contributed by atoms with Gasteiger partial charge in [0.2, 0.25) is 5.91 Å². The number of rotatable bonds is 2. The van der Waals surface area contributed by atoms with Crippen LogP contribution in [0.15, 0.2) is 0 Å². The maximum atomic E-state index is 11.9. The van der Waals surface area contributed by atoms with E-state index >= 15 is 0 Å². The highest BCUT2D eigenvalue weighted by molar-refractivity contribution is 5.82. The Morgan fingerprint density at radius 3 is 2.35 bits per heavy atom. The van der Waals surface area contributed by atoms with E-state index in [9.17, 15) is 14.7 Å². The Hall–Kier alpha value is -1.30. The van der Waals surface area contributed by atoms with Gasteiger partial charge in [-0.1, -0.05) is 0 Å². The van der Waals surface area contributed by atoms with E-state index in [1.54, 1.807) is 20.8 Å². The van der Waals surface area contributed by atoms with E-state index in [1.165, 1.54) is 4.90 Å². The van der Waals surface area contributed by atoms with Crippen molar-refractivity contribution in [1.29, 1.82) is 0 Å². The lowest BCUT2D eigenvalue weighted by atomic mass is 10.1. The summed E-state index contributed by atoms with van der Waals surface area (Å²) in [7, 11) is 0. The molecule has 0 radical (unpaired) electrons. The number of carboxylic acid groups (broad SMARTS) is 1. The van der Waals surface area contributed by atoms with Gasteiger partial charge in [-0.3, -0.25) is 9.69 Å². The van der Waals surface area contributed by atoms with Crippen molar-refractivity contribution in [2.75, 3.05) is 19.6 Å². The minimum absolute atomic E-state index is 0.161. The van der Waals surface area contributed by atoms with E-state index in [2.05, 4.69) is 0 Å². The lowest BCUT2D eigenvalue weighted by Crippen LogP contribution is -2.50. The Balaban J connectivity index is 2.62. The molecule has 0 aliphatic carbocycles. The maximum absolute atomic E-state index is 11.9. The number of amides is 2. The molecule has 98 valence electrons. The first-order valence-corrected chi connectivity index (χ1v) is 5.68. The summed E-state index contributed by atoms with van der Waals surface area (Å²) in [5, 5.41) is 18.4. The third kappa shape index (κ3) is 3.59. The first kappa shape index (κ1) is 13.8. The molecule has 17 heavy (non-hydrogen) atoms. The molecule has 0 saturated carbocycles. The van der Waals surface area contributed by atoms with E-state index in [0.29, 0.717) is 19.5 Å². The second-order valence-electron chi connectivity index (χ2n) is 5.32. The number of aliphatic hydroxyl groups excluding tert-OH is 1. The molecule has 6 nitrogen and oxygen atoms in total. The molecule has 1 saturated heterocycles. The van der Waals surface area contributed by atoms with Gasteiger partial charge in [0.25, 0.3) is 0 Å². The minimum Gasteiger partial charge on any atom is -0.465 e. The molecule has 1 aliphatic heterocycles. The van der Waals surface area contributed by atoms with Gasteiger partial charge in [0.1, 0.15) is 6.54 Å². The standard InChI is InChI=1S/C11H20N2O4/c1-11(2,3)13(10(16)17)7-9(15)12-5-4-8(14)6-12/h8,14H,4-7H2,1-3H3,(H,16,17). The fourth-order valence-electron chi connectivity index (χ4n) is 1.80. The van der Waals surface area contributed by atoms with Crippen LogP contribution in [0.25, 0.3) is 0 Å². The van der Waals surface area contributed by atoms with Gasteiger partial charge in [0.05, 0.1) is 6.10 Å². The topological polar surface area (TPSA) is 81.1 Å². The monoisotopic (exact) mass is 244 g/mol. The van der Waals surface area contributed by atoms with Gasteiger partial charge in [-0.15, -0.1) is 0 Å². The average Bonchev–Trinajstić information content (AvgIpc) is 2.58. The van der Waals surface area contributed by atoms with Gasteiger partial charge < -0.3 is 15.1 Å². The number of aliphatic hydroxyl groups is 1. The zero-order valence-electron chi connectivity index (χ0n) is 10.5. The summed E-state index contributed by atoms with van der Waals surface area (Å²) in [5.41, 5.74) is -0.611. The molecule has 0 aromatic heterocycles. The van der Waals surface area contributed by atoms with Gasteiger partial charge in [0, 0.05) is 18.6 Å². The third-order valence-electron chi connectivity index (χ3n) is 2.85. The SMILES string of the molecule is CC(C)(C)N(CC(=O)N1CCC(O)C1)C(=O)O. The van der Waals surface area contributed by atoms with E-state index in [1.807, 2.05) is 0 Å². The first-order chi connectivity index (χ1) is 7.71. The number of hydrogen-bond donors (Lipinski definition) is 2. The van der Waals surface area contributed by atoms with E-state index in [-0.39, 0.29) is 12.5 Å². The Morgan fingerprint density at radius 1 is 1.41 bits per heavy atom. The largest absolute Gasteiger partial charge is 0.465 e. The molecule has 0 spiro atoms. The van der Waals surface area contributed by atoms with Crippen LogP contribution in [0.4, 0.5) is 4.79 Å². The van der Waals surface area contributed by atoms with Crippen molar-refractivity contribution in [3.63, 3.8) is 0 Å². The molecule has 6 heteroatoms. The molecule has 1 unspecified atom stereocenters. The summed E-state index contributed by atoms with van der Waals surface area (Å²) < 4.78 is 0. The van der Waals surface area contributed by atoms with Crippen LogP contribution in [0.1, 0.15) is 27.2 Å². The second kappa shape index (κ2) is 4.91. The number of carbonyl (C=O) groups is 2. The third-order valence-corrected chi connectivity index (χ3v) is 2.85. The quantitative estimate of drug-likeness (QED) is 0.734. The van der Waals surface area contributed by atoms with E-state index in [0.717, 1.165) is 4.90 Å². The van der Waals surface area contributed by atoms with Crippen LogP contribution in [0, 0.1) is 0 Å². The number of hydrogen-bond acceptors (Lipinski definition) is 3. The highest BCUT2D eigenvalue weighted by atomic mass is 16.4. The zero-order chi connectivity index (χ0) is 13.2. The van der Waals surface area contributed by atoms with Crippen LogP contribution in [0.3, 0.4) is 0 Å². The van der Waals surface area contributed by atoms with Gasteiger partial charge in [-0.05, 0) is 27.2 Å². The van der Waals surface area contributed by atoms with Crippen molar-refractivity contribution in [2.24, 2.45) is 0 Å².